The molecule has 3 nitrogen and oxygen atoms in total. The molecule has 5 rings (SSSR count). The average molecular weight is 371 g/mol. The van der Waals surface area contributed by atoms with Gasteiger partial charge in [0.05, 0.1) is 13.2 Å². The number of thioether (sulfide) groups is 1. The van der Waals surface area contributed by atoms with Gasteiger partial charge in [-0.05, 0) is 49.1 Å². The molecule has 0 aromatic carbocycles. The van der Waals surface area contributed by atoms with Crippen molar-refractivity contribution in [3.63, 3.8) is 0 Å². The minimum atomic E-state index is -0.397. The molecule has 4 saturated carbocycles. The van der Waals surface area contributed by atoms with Crippen LogP contribution in [0.25, 0.3) is 0 Å². The molecule has 5 heteroatoms. The molecule has 0 amide bonds. The second-order valence-electron chi connectivity index (χ2n) is 9.11. The first-order valence-corrected chi connectivity index (χ1v) is 10.9. The standard InChI is InChI=1S/C19H30O3S2/c1-11(2)12-8-14-17(3)10-19(20-6-7-21-19)18(14,4)9-13(12)15(17)22-16(23)24-5/h11-15H,6-10H2,1-5H3/t12?,13-,14+,15+,17+,18+/m0/s1. The average Bonchev–Trinajstić information content (AvgIpc) is 3.05. The van der Waals surface area contributed by atoms with Gasteiger partial charge in [-0.2, -0.15) is 0 Å². The van der Waals surface area contributed by atoms with E-state index in [1.54, 1.807) is 11.8 Å². The van der Waals surface area contributed by atoms with Crippen LogP contribution in [0.1, 0.15) is 47.0 Å². The zero-order valence-corrected chi connectivity index (χ0v) is 17.1. The van der Waals surface area contributed by atoms with Crippen molar-refractivity contribution in [2.24, 2.45) is 34.5 Å². The molecule has 1 spiro atoms. The summed E-state index contributed by atoms with van der Waals surface area (Å²) in [5, 5.41) is 0. The van der Waals surface area contributed by atoms with Crippen LogP contribution in [0.5, 0.6) is 0 Å². The summed E-state index contributed by atoms with van der Waals surface area (Å²) in [4.78, 5) is 0. The molecule has 1 heterocycles. The van der Waals surface area contributed by atoms with E-state index in [1.165, 1.54) is 6.42 Å². The summed E-state index contributed by atoms with van der Waals surface area (Å²) in [5.41, 5.74) is 0.197. The van der Waals surface area contributed by atoms with E-state index in [0.29, 0.717) is 28.1 Å². The molecule has 1 unspecified atom stereocenters. The number of fused-ring (bicyclic) bond motifs is 1. The van der Waals surface area contributed by atoms with Gasteiger partial charge in [-0.3, -0.25) is 0 Å². The van der Waals surface area contributed by atoms with E-state index in [0.717, 1.165) is 26.1 Å². The highest BCUT2D eigenvalue weighted by atomic mass is 32.2. The van der Waals surface area contributed by atoms with Crippen molar-refractivity contribution in [2.45, 2.75) is 58.8 Å². The van der Waals surface area contributed by atoms with Gasteiger partial charge >= 0.3 is 0 Å². The third-order valence-corrected chi connectivity index (χ3v) is 8.83. The molecule has 0 N–H and O–H groups in total. The zero-order chi connectivity index (χ0) is 17.3. The molecule has 24 heavy (non-hydrogen) atoms. The molecule has 0 aromatic rings. The van der Waals surface area contributed by atoms with E-state index in [9.17, 15) is 0 Å². The Kier molecular flexibility index (Phi) is 4.08. The SMILES string of the molecule is CSC(=S)O[C@@H]1[C@H]2C[C@]3(C)[C@H](CC2C(C)C)[C@@]1(C)CC31OCCO1. The summed E-state index contributed by atoms with van der Waals surface area (Å²) in [6.07, 6.45) is 5.57. The highest BCUT2D eigenvalue weighted by Crippen LogP contribution is 2.76. The maximum absolute atomic E-state index is 6.42. The lowest BCUT2D eigenvalue weighted by Crippen LogP contribution is -2.61. The number of thiocarbonyl (C=S) groups is 1. The number of hydrogen-bond acceptors (Lipinski definition) is 5. The second-order valence-corrected chi connectivity index (χ2v) is 10.5. The Labute approximate surface area is 155 Å². The van der Waals surface area contributed by atoms with Gasteiger partial charge in [0.1, 0.15) is 6.10 Å². The van der Waals surface area contributed by atoms with E-state index in [4.69, 9.17) is 26.4 Å². The van der Waals surface area contributed by atoms with Crippen molar-refractivity contribution >= 4 is 28.4 Å². The largest absolute Gasteiger partial charge is 0.474 e. The molecule has 5 fully saturated rings. The van der Waals surface area contributed by atoms with Crippen molar-refractivity contribution in [3.05, 3.63) is 0 Å². The van der Waals surface area contributed by atoms with Gasteiger partial charge in [0.25, 0.3) is 0 Å². The van der Waals surface area contributed by atoms with Gasteiger partial charge in [-0.15, -0.1) is 0 Å². The van der Waals surface area contributed by atoms with Crippen LogP contribution in [0.4, 0.5) is 0 Å². The van der Waals surface area contributed by atoms with E-state index >= 15 is 0 Å². The third kappa shape index (κ3) is 2.07. The zero-order valence-electron chi connectivity index (χ0n) is 15.5. The molecule has 1 saturated heterocycles. The smallest absolute Gasteiger partial charge is 0.219 e. The van der Waals surface area contributed by atoms with Crippen molar-refractivity contribution in [3.8, 4) is 0 Å². The fourth-order valence-corrected chi connectivity index (χ4v) is 7.18. The van der Waals surface area contributed by atoms with Crippen LogP contribution in [-0.2, 0) is 14.2 Å². The predicted molar refractivity (Wildman–Crippen MR) is 101 cm³/mol. The fourth-order valence-electron chi connectivity index (χ4n) is 6.88. The highest BCUT2D eigenvalue weighted by Gasteiger charge is 2.77. The van der Waals surface area contributed by atoms with Crippen molar-refractivity contribution < 1.29 is 14.2 Å². The van der Waals surface area contributed by atoms with Crippen molar-refractivity contribution in [2.75, 3.05) is 19.5 Å². The fraction of sp³-hybridized carbons (Fsp3) is 0.947. The van der Waals surface area contributed by atoms with Gasteiger partial charge < -0.3 is 14.2 Å². The Hall–Kier alpha value is 0.160. The summed E-state index contributed by atoms with van der Waals surface area (Å²) in [6.45, 7) is 11.0. The van der Waals surface area contributed by atoms with Gasteiger partial charge in [0, 0.05) is 23.2 Å². The van der Waals surface area contributed by atoms with Crippen molar-refractivity contribution in [1.29, 1.82) is 0 Å². The monoisotopic (exact) mass is 370 g/mol. The van der Waals surface area contributed by atoms with Crippen LogP contribution in [0.15, 0.2) is 0 Å². The summed E-state index contributed by atoms with van der Waals surface area (Å²) in [5.74, 6) is 2.12. The first-order valence-electron chi connectivity index (χ1n) is 9.30. The molecule has 0 aromatic heterocycles. The van der Waals surface area contributed by atoms with Crippen LogP contribution < -0.4 is 0 Å². The van der Waals surface area contributed by atoms with Crippen LogP contribution in [0, 0.1) is 34.5 Å². The van der Waals surface area contributed by atoms with Gasteiger partial charge in [-0.25, -0.2) is 0 Å². The van der Waals surface area contributed by atoms with E-state index in [1.807, 2.05) is 6.26 Å². The molecule has 4 bridgehead atoms. The first kappa shape index (κ1) is 17.6. The van der Waals surface area contributed by atoms with Crippen LogP contribution in [0.2, 0.25) is 0 Å². The lowest BCUT2D eigenvalue weighted by molar-refractivity contribution is -0.247. The molecule has 1 aliphatic heterocycles. The second kappa shape index (κ2) is 5.58. The summed E-state index contributed by atoms with van der Waals surface area (Å²) < 4.78 is 19.7. The molecule has 4 aliphatic carbocycles. The quantitative estimate of drug-likeness (QED) is 0.668. The third-order valence-electron chi connectivity index (χ3n) is 7.81. The molecule has 136 valence electrons. The van der Waals surface area contributed by atoms with E-state index in [-0.39, 0.29) is 16.9 Å². The van der Waals surface area contributed by atoms with Crippen LogP contribution >= 0.6 is 24.0 Å². The summed E-state index contributed by atoms with van der Waals surface area (Å²) in [7, 11) is 0. The summed E-state index contributed by atoms with van der Waals surface area (Å²) in [6, 6.07) is 0. The van der Waals surface area contributed by atoms with Crippen LogP contribution in [0.3, 0.4) is 0 Å². The summed E-state index contributed by atoms with van der Waals surface area (Å²) >= 11 is 7.00. The number of hydrogen-bond donors (Lipinski definition) is 0. The number of rotatable bonds is 2. The van der Waals surface area contributed by atoms with Gasteiger partial charge in [-0.1, -0.05) is 39.5 Å². The molecule has 5 aliphatic rings. The van der Waals surface area contributed by atoms with Gasteiger partial charge in [0.15, 0.2) is 5.79 Å². The molecular formula is C19H30O3S2. The molecule has 6 atom stereocenters. The Morgan fingerprint density at radius 1 is 1.25 bits per heavy atom. The maximum Gasteiger partial charge on any atom is 0.219 e. The van der Waals surface area contributed by atoms with E-state index < -0.39 is 5.79 Å². The Morgan fingerprint density at radius 3 is 2.50 bits per heavy atom. The Bertz CT molecular complexity index is 545. The highest BCUT2D eigenvalue weighted by molar-refractivity contribution is 8.22. The topological polar surface area (TPSA) is 27.7 Å². The maximum atomic E-state index is 6.42. The minimum Gasteiger partial charge on any atom is -0.474 e. The predicted octanol–water partition coefficient (Wildman–Crippen LogP) is 4.49. The molecule has 0 radical (unpaired) electrons. The normalized spacial score (nSPS) is 48.4. The van der Waals surface area contributed by atoms with Crippen molar-refractivity contribution in [1.82, 2.24) is 0 Å². The lowest BCUT2D eigenvalue weighted by atomic mass is 9.46. The Balaban J connectivity index is 1.76. The Morgan fingerprint density at radius 2 is 1.92 bits per heavy atom. The first-order chi connectivity index (χ1) is 11.3. The van der Waals surface area contributed by atoms with Crippen LogP contribution in [-0.4, -0.2) is 35.7 Å². The number of ether oxygens (including phenoxy) is 3. The van der Waals surface area contributed by atoms with E-state index in [2.05, 4.69) is 27.7 Å². The molecular weight excluding hydrogens is 340 g/mol. The lowest BCUT2D eigenvalue weighted by Gasteiger charge is -2.61. The van der Waals surface area contributed by atoms with Gasteiger partial charge in [0.2, 0.25) is 4.38 Å². The minimum absolute atomic E-state index is 0.0905.